The van der Waals surface area contributed by atoms with Crippen molar-refractivity contribution in [2.24, 2.45) is 5.92 Å². The van der Waals surface area contributed by atoms with E-state index in [4.69, 9.17) is 4.74 Å². The SMILES string of the molecule is CC1CN(C(C(=O)NCc2ccc3c(c2)CNC3)C(C)C)CC(C)O1. The first-order chi connectivity index (χ1) is 11.9. The van der Waals surface area contributed by atoms with Crippen LogP contribution in [0.5, 0.6) is 0 Å². The lowest BCUT2D eigenvalue weighted by Crippen LogP contribution is -2.56. The van der Waals surface area contributed by atoms with Crippen LogP contribution in [-0.4, -0.2) is 42.1 Å². The van der Waals surface area contributed by atoms with Gasteiger partial charge in [-0.25, -0.2) is 0 Å². The number of amides is 1. The zero-order valence-corrected chi connectivity index (χ0v) is 15.8. The fourth-order valence-corrected chi connectivity index (χ4v) is 4.09. The van der Waals surface area contributed by atoms with E-state index in [-0.39, 0.29) is 30.1 Å². The van der Waals surface area contributed by atoms with Crippen LogP contribution in [0.1, 0.15) is 44.4 Å². The van der Waals surface area contributed by atoms with Crippen LogP contribution in [0.15, 0.2) is 18.2 Å². The molecule has 1 fully saturated rings. The first-order valence-electron chi connectivity index (χ1n) is 9.42. The van der Waals surface area contributed by atoms with Crippen molar-refractivity contribution in [3.8, 4) is 0 Å². The monoisotopic (exact) mass is 345 g/mol. The summed E-state index contributed by atoms with van der Waals surface area (Å²) in [6.45, 7) is 12.5. The molecule has 2 aliphatic rings. The maximum Gasteiger partial charge on any atom is 0.237 e. The Bertz CT molecular complexity index is 607. The molecule has 3 rings (SSSR count). The largest absolute Gasteiger partial charge is 0.373 e. The van der Waals surface area contributed by atoms with Crippen molar-refractivity contribution < 1.29 is 9.53 Å². The smallest absolute Gasteiger partial charge is 0.237 e. The molecule has 3 atom stereocenters. The minimum Gasteiger partial charge on any atom is -0.373 e. The van der Waals surface area contributed by atoms with Gasteiger partial charge in [-0.05, 0) is 36.5 Å². The van der Waals surface area contributed by atoms with Gasteiger partial charge in [0.1, 0.15) is 0 Å². The highest BCUT2D eigenvalue weighted by Gasteiger charge is 2.33. The van der Waals surface area contributed by atoms with Crippen LogP contribution in [0.3, 0.4) is 0 Å². The van der Waals surface area contributed by atoms with E-state index in [1.54, 1.807) is 0 Å². The fraction of sp³-hybridized carbons (Fsp3) is 0.650. The second-order valence-corrected chi connectivity index (χ2v) is 7.82. The van der Waals surface area contributed by atoms with Gasteiger partial charge in [0.05, 0.1) is 18.2 Å². The second-order valence-electron chi connectivity index (χ2n) is 7.82. The molecule has 25 heavy (non-hydrogen) atoms. The number of carbonyl (C=O) groups excluding carboxylic acids is 1. The lowest BCUT2D eigenvalue weighted by Gasteiger charge is -2.41. The molecular weight excluding hydrogens is 314 g/mol. The number of rotatable bonds is 5. The Hall–Kier alpha value is -1.43. The minimum absolute atomic E-state index is 0.107. The molecule has 3 unspecified atom stereocenters. The van der Waals surface area contributed by atoms with E-state index in [0.29, 0.717) is 6.54 Å². The third-order valence-electron chi connectivity index (χ3n) is 5.11. The van der Waals surface area contributed by atoms with Gasteiger partial charge in [0.15, 0.2) is 0 Å². The molecule has 0 aromatic heterocycles. The van der Waals surface area contributed by atoms with Gasteiger partial charge in [-0.2, -0.15) is 0 Å². The molecule has 0 bridgehead atoms. The predicted molar refractivity (Wildman–Crippen MR) is 99.0 cm³/mol. The van der Waals surface area contributed by atoms with Gasteiger partial charge in [-0.3, -0.25) is 9.69 Å². The highest BCUT2D eigenvalue weighted by molar-refractivity contribution is 5.82. The molecule has 5 heteroatoms. The number of morpholine rings is 1. The molecule has 0 saturated carbocycles. The molecule has 1 aromatic carbocycles. The summed E-state index contributed by atoms with van der Waals surface area (Å²) in [5.41, 5.74) is 3.89. The summed E-state index contributed by atoms with van der Waals surface area (Å²) in [6, 6.07) is 6.39. The zero-order valence-electron chi connectivity index (χ0n) is 15.8. The van der Waals surface area contributed by atoms with Crippen molar-refractivity contribution >= 4 is 5.91 Å². The Balaban J connectivity index is 1.63. The number of hydrogen-bond acceptors (Lipinski definition) is 4. The van der Waals surface area contributed by atoms with Crippen LogP contribution in [-0.2, 0) is 29.2 Å². The molecule has 1 saturated heterocycles. The Morgan fingerprint density at radius 2 is 1.92 bits per heavy atom. The van der Waals surface area contributed by atoms with E-state index < -0.39 is 0 Å². The molecule has 138 valence electrons. The topological polar surface area (TPSA) is 53.6 Å². The van der Waals surface area contributed by atoms with E-state index in [2.05, 4.69) is 61.4 Å². The van der Waals surface area contributed by atoms with Gasteiger partial charge in [0.25, 0.3) is 0 Å². The Labute approximate surface area is 151 Å². The van der Waals surface area contributed by atoms with Crippen molar-refractivity contribution in [3.05, 3.63) is 34.9 Å². The highest BCUT2D eigenvalue weighted by Crippen LogP contribution is 2.20. The summed E-state index contributed by atoms with van der Waals surface area (Å²) in [7, 11) is 0. The highest BCUT2D eigenvalue weighted by atomic mass is 16.5. The van der Waals surface area contributed by atoms with E-state index in [0.717, 1.165) is 26.2 Å². The van der Waals surface area contributed by atoms with Crippen LogP contribution in [0.2, 0.25) is 0 Å². The quantitative estimate of drug-likeness (QED) is 0.857. The lowest BCUT2D eigenvalue weighted by molar-refractivity contribution is -0.135. The Morgan fingerprint density at radius 1 is 1.24 bits per heavy atom. The summed E-state index contributed by atoms with van der Waals surface area (Å²) in [4.78, 5) is 15.2. The van der Waals surface area contributed by atoms with E-state index in [9.17, 15) is 4.79 Å². The number of nitrogens with one attached hydrogen (secondary N) is 2. The van der Waals surface area contributed by atoms with Crippen molar-refractivity contribution in [3.63, 3.8) is 0 Å². The number of nitrogens with zero attached hydrogens (tertiary/aromatic N) is 1. The van der Waals surface area contributed by atoms with Crippen molar-refractivity contribution in [2.75, 3.05) is 13.1 Å². The summed E-state index contributed by atoms with van der Waals surface area (Å²) in [5.74, 6) is 0.386. The lowest BCUT2D eigenvalue weighted by atomic mass is 9.99. The van der Waals surface area contributed by atoms with E-state index >= 15 is 0 Å². The van der Waals surface area contributed by atoms with Crippen LogP contribution >= 0.6 is 0 Å². The number of carbonyl (C=O) groups is 1. The molecule has 2 aliphatic heterocycles. The zero-order chi connectivity index (χ0) is 18.0. The van der Waals surface area contributed by atoms with Gasteiger partial charge in [0, 0.05) is 32.7 Å². The fourth-order valence-electron chi connectivity index (χ4n) is 4.09. The van der Waals surface area contributed by atoms with Gasteiger partial charge in [0.2, 0.25) is 5.91 Å². The first kappa shape index (κ1) is 18.4. The minimum atomic E-state index is -0.107. The average Bonchev–Trinajstić information content (AvgIpc) is 2.99. The molecular formula is C20H31N3O2. The summed E-state index contributed by atoms with van der Waals surface area (Å²) in [5, 5.41) is 6.52. The number of hydrogen-bond donors (Lipinski definition) is 2. The van der Waals surface area contributed by atoms with Gasteiger partial charge < -0.3 is 15.4 Å². The summed E-state index contributed by atoms with van der Waals surface area (Å²) < 4.78 is 5.82. The van der Waals surface area contributed by atoms with Crippen LogP contribution in [0, 0.1) is 5.92 Å². The van der Waals surface area contributed by atoms with Crippen LogP contribution in [0.4, 0.5) is 0 Å². The number of ether oxygens (including phenoxy) is 1. The summed E-state index contributed by atoms with van der Waals surface area (Å²) >= 11 is 0. The normalized spacial score (nSPS) is 25.0. The van der Waals surface area contributed by atoms with Crippen molar-refractivity contribution in [1.29, 1.82) is 0 Å². The molecule has 0 aliphatic carbocycles. The second kappa shape index (κ2) is 7.85. The van der Waals surface area contributed by atoms with Gasteiger partial charge >= 0.3 is 0 Å². The standard InChI is InChI=1S/C20H31N3O2/c1-13(2)19(23-11-14(3)25-15(4)12-23)20(24)22-8-16-5-6-17-9-21-10-18(17)7-16/h5-7,13-15,19,21H,8-12H2,1-4H3,(H,22,24). The van der Waals surface area contributed by atoms with Gasteiger partial charge in [-0.15, -0.1) is 0 Å². The molecule has 0 radical (unpaired) electrons. The molecule has 1 aromatic rings. The third kappa shape index (κ3) is 4.40. The molecule has 5 nitrogen and oxygen atoms in total. The number of benzene rings is 1. The maximum absolute atomic E-state index is 12.9. The number of fused-ring (bicyclic) bond motifs is 1. The molecule has 1 amide bonds. The van der Waals surface area contributed by atoms with E-state index in [1.165, 1.54) is 16.7 Å². The van der Waals surface area contributed by atoms with Crippen LogP contribution < -0.4 is 10.6 Å². The van der Waals surface area contributed by atoms with Gasteiger partial charge in [-0.1, -0.05) is 32.0 Å². The molecule has 2 N–H and O–H groups in total. The maximum atomic E-state index is 12.9. The Kier molecular flexibility index (Phi) is 5.77. The summed E-state index contributed by atoms with van der Waals surface area (Å²) in [6.07, 6.45) is 0.337. The third-order valence-corrected chi connectivity index (χ3v) is 5.11. The van der Waals surface area contributed by atoms with Crippen LogP contribution in [0.25, 0.3) is 0 Å². The average molecular weight is 345 g/mol. The Morgan fingerprint density at radius 3 is 2.60 bits per heavy atom. The molecule has 2 heterocycles. The molecule has 0 spiro atoms. The van der Waals surface area contributed by atoms with E-state index in [1.807, 2.05) is 0 Å². The predicted octanol–water partition coefficient (Wildman–Crippen LogP) is 2.04. The van der Waals surface area contributed by atoms with Crippen molar-refractivity contribution in [2.45, 2.75) is 65.6 Å². The first-order valence-corrected chi connectivity index (χ1v) is 9.42. The van der Waals surface area contributed by atoms with Crippen molar-refractivity contribution in [1.82, 2.24) is 15.5 Å².